The Morgan fingerprint density at radius 3 is 3.00 bits per heavy atom. The number of benzene rings is 1. The number of aryl methyl sites for hydroxylation is 1. The Morgan fingerprint density at radius 2 is 2.35 bits per heavy atom. The molecule has 1 saturated heterocycles. The van der Waals surface area contributed by atoms with Gasteiger partial charge >= 0.3 is 0 Å². The molecule has 1 heterocycles. The molecular weight excluding hydrogens is 219 g/mol. The van der Waals surface area contributed by atoms with Gasteiger partial charge in [-0.2, -0.15) is 0 Å². The summed E-state index contributed by atoms with van der Waals surface area (Å²) in [6, 6.07) is 4.95. The first kappa shape index (κ1) is 12.5. The smallest absolute Gasteiger partial charge is 0.128 e. The number of hydrogen-bond donors (Lipinski definition) is 2. The lowest BCUT2D eigenvalue weighted by Gasteiger charge is -2.30. The molecule has 2 atom stereocenters. The second kappa shape index (κ2) is 5.58. The van der Waals surface area contributed by atoms with Crippen LogP contribution in [-0.2, 0) is 4.74 Å². The molecule has 0 amide bonds. The van der Waals surface area contributed by atoms with Gasteiger partial charge in [-0.3, -0.25) is 11.3 Å². The van der Waals surface area contributed by atoms with Crippen LogP contribution in [0, 0.1) is 18.7 Å². The highest BCUT2D eigenvalue weighted by Crippen LogP contribution is 2.30. The topological polar surface area (TPSA) is 47.3 Å². The second-order valence-corrected chi connectivity index (χ2v) is 4.65. The van der Waals surface area contributed by atoms with E-state index in [2.05, 4.69) is 5.43 Å². The number of rotatable bonds is 3. The Labute approximate surface area is 101 Å². The highest BCUT2D eigenvalue weighted by molar-refractivity contribution is 5.27. The second-order valence-electron chi connectivity index (χ2n) is 4.65. The van der Waals surface area contributed by atoms with Gasteiger partial charge in [0.1, 0.15) is 5.82 Å². The van der Waals surface area contributed by atoms with Crippen LogP contribution in [-0.4, -0.2) is 13.2 Å². The van der Waals surface area contributed by atoms with Crippen molar-refractivity contribution in [3.63, 3.8) is 0 Å². The Hall–Kier alpha value is -0.970. The van der Waals surface area contributed by atoms with Crippen molar-refractivity contribution in [2.75, 3.05) is 13.2 Å². The molecule has 0 bridgehead atoms. The quantitative estimate of drug-likeness (QED) is 0.626. The van der Waals surface area contributed by atoms with Crippen LogP contribution in [0.1, 0.15) is 30.0 Å². The number of halogens is 1. The number of nitrogens with two attached hydrogens (primary N) is 1. The molecule has 1 aliphatic rings. The van der Waals surface area contributed by atoms with Crippen LogP contribution in [0.5, 0.6) is 0 Å². The fourth-order valence-corrected chi connectivity index (χ4v) is 2.41. The minimum absolute atomic E-state index is 0.171. The van der Waals surface area contributed by atoms with Crippen molar-refractivity contribution in [3.8, 4) is 0 Å². The van der Waals surface area contributed by atoms with Gasteiger partial charge in [0.15, 0.2) is 0 Å². The molecular formula is C13H19FN2O. The summed E-state index contributed by atoms with van der Waals surface area (Å²) >= 11 is 0. The molecule has 17 heavy (non-hydrogen) atoms. The zero-order chi connectivity index (χ0) is 12.3. The van der Waals surface area contributed by atoms with E-state index in [0.29, 0.717) is 12.2 Å². The summed E-state index contributed by atoms with van der Waals surface area (Å²) in [5.41, 5.74) is 4.42. The zero-order valence-corrected chi connectivity index (χ0v) is 10.1. The van der Waals surface area contributed by atoms with E-state index in [0.717, 1.165) is 25.0 Å². The number of hydrazine groups is 1. The van der Waals surface area contributed by atoms with Gasteiger partial charge in [0.05, 0.1) is 12.6 Å². The molecule has 0 spiro atoms. The lowest BCUT2D eigenvalue weighted by Crippen LogP contribution is -2.37. The van der Waals surface area contributed by atoms with E-state index in [1.807, 2.05) is 13.0 Å². The molecule has 3 N–H and O–H groups in total. The van der Waals surface area contributed by atoms with Crippen molar-refractivity contribution in [2.45, 2.75) is 25.8 Å². The van der Waals surface area contributed by atoms with Crippen molar-refractivity contribution >= 4 is 0 Å². The van der Waals surface area contributed by atoms with Gasteiger partial charge < -0.3 is 4.74 Å². The van der Waals surface area contributed by atoms with E-state index in [-0.39, 0.29) is 17.8 Å². The lowest BCUT2D eigenvalue weighted by molar-refractivity contribution is 0.0385. The maximum atomic E-state index is 13.8. The zero-order valence-electron chi connectivity index (χ0n) is 10.1. The van der Waals surface area contributed by atoms with Crippen molar-refractivity contribution in [1.29, 1.82) is 0 Å². The van der Waals surface area contributed by atoms with Crippen LogP contribution in [0.15, 0.2) is 18.2 Å². The lowest BCUT2D eigenvalue weighted by atomic mass is 9.88. The Balaban J connectivity index is 2.24. The fraction of sp³-hybridized carbons (Fsp3) is 0.538. The van der Waals surface area contributed by atoms with Crippen LogP contribution in [0.25, 0.3) is 0 Å². The normalized spacial score (nSPS) is 22.4. The molecule has 0 aliphatic carbocycles. The van der Waals surface area contributed by atoms with E-state index >= 15 is 0 Å². The minimum Gasteiger partial charge on any atom is -0.381 e. The van der Waals surface area contributed by atoms with Gasteiger partial charge in [0.25, 0.3) is 0 Å². The first-order valence-corrected chi connectivity index (χ1v) is 6.02. The van der Waals surface area contributed by atoms with Crippen LogP contribution in [0.3, 0.4) is 0 Å². The molecule has 2 unspecified atom stereocenters. The molecule has 1 fully saturated rings. The third kappa shape index (κ3) is 2.83. The van der Waals surface area contributed by atoms with Gasteiger partial charge in [0.2, 0.25) is 0 Å². The molecule has 1 aromatic rings. The van der Waals surface area contributed by atoms with E-state index in [4.69, 9.17) is 10.6 Å². The largest absolute Gasteiger partial charge is 0.381 e. The van der Waals surface area contributed by atoms with Crippen LogP contribution in [0.2, 0.25) is 0 Å². The summed E-state index contributed by atoms with van der Waals surface area (Å²) in [4.78, 5) is 0. The van der Waals surface area contributed by atoms with Gasteiger partial charge in [-0.05, 0) is 25.8 Å². The number of hydrogen-bond acceptors (Lipinski definition) is 3. The van der Waals surface area contributed by atoms with E-state index in [1.165, 1.54) is 6.07 Å². The maximum Gasteiger partial charge on any atom is 0.128 e. The third-order valence-electron chi connectivity index (χ3n) is 3.33. The molecule has 0 aromatic heterocycles. The van der Waals surface area contributed by atoms with Gasteiger partial charge in [-0.25, -0.2) is 4.39 Å². The molecule has 4 heteroatoms. The minimum atomic E-state index is -0.205. The molecule has 1 aromatic carbocycles. The summed E-state index contributed by atoms with van der Waals surface area (Å²) in [5.74, 6) is 5.62. The van der Waals surface area contributed by atoms with Crippen LogP contribution < -0.4 is 11.3 Å². The Bertz CT molecular complexity index is 378. The summed E-state index contributed by atoms with van der Waals surface area (Å²) in [7, 11) is 0. The molecule has 3 nitrogen and oxygen atoms in total. The van der Waals surface area contributed by atoms with Crippen molar-refractivity contribution in [3.05, 3.63) is 35.1 Å². The van der Waals surface area contributed by atoms with Crippen molar-refractivity contribution < 1.29 is 9.13 Å². The predicted molar refractivity (Wildman–Crippen MR) is 64.7 cm³/mol. The summed E-state index contributed by atoms with van der Waals surface area (Å²) in [5, 5.41) is 0. The predicted octanol–water partition coefficient (Wildman–Crippen LogP) is 2.07. The molecule has 1 aliphatic heterocycles. The molecule has 0 radical (unpaired) electrons. The summed E-state index contributed by atoms with van der Waals surface area (Å²) < 4.78 is 19.3. The Morgan fingerprint density at radius 1 is 1.53 bits per heavy atom. The molecule has 0 saturated carbocycles. The van der Waals surface area contributed by atoms with Crippen molar-refractivity contribution in [1.82, 2.24) is 5.43 Å². The average molecular weight is 238 g/mol. The number of ether oxygens (including phenoxy) is 1. The number of nitrogens with one attached hydrogen (secondary N) is 1. The van der Waals surface area contributed by atoms with Gasteiger partial charge in [0, 0.05) is 18.1 Å². The van der Waals surface area contributed by atoms with Crippen molar-refractivity contribution in [2.24, 2.45) is 11.8 Å². The fourth-order valence-electron chi connectivity index (χ4n) is 2.41. The summed E-state index contributed by atoms with van der Waals surface area (Å²) in [6.45, 7) is 3.39. The SMILES string of the molecule is Cc1ccc(F)c(C(NN)C2CCCOC2)c1. The van der Waals surface area contributed by atoms with E-state index in [1.54, 1.807) is 6.07 Å². The molecule has 2 rings (SSSR count). The van der Waals surface area contributed by atoms with E-state index < -0.39 is 0 Å². The highest BCUT2D eigenvalue weighted by Gasteiger charge is 2.26. The van der Waals surface area contributed by atoms with Crippen LogP contribution >= 0.6 is 0 Å². The first-order valence-electron chi connectivity index (χ1n) is 6.02. The van der Waals surface area contributed by atoms with Gasteiger partial charge in [-0.15, -0.1) is 0 Å². The highest BCUT2D eigenvalue weighted by atomic mass is 19.1. The van der Waals surface area contributed by atoms with Crippen LogP contribution in [0.4, 0.5) is 4.39 Å². The standard InChI is InChI=1S/C13H19FN2O/c1-9-4-5-12(14)11(7-9)13(16-15)10-3-2-6-17-8-10/h4-5,7,10,13,16H,2-3,6,8,15H2,1H3. The molecule has 94 valence electrons. The monoisotopic (exact) mass is 238 g/mol. The van der Waals surface area contributed by atoms with E-state index in [9.17, 15) is 4.39 Å². The van der Waals surface area contributed by atoms with Gasteiger partial charge in [-0.1, -0.05) is 17.7 Å². The maximum absolute atomic E-state index is 13.8. The Kier molecular flexibility index (Phi) is 4.10. The third-order valence-corrected chi connectivity index (χ3v) is 3.33. The summed E-state index contributed by atoms with van der Waals surface area (Å²) in [6.07, 6.45) is 2.03. The average Bonchev–Trinajstić information content (AvgIpc) is 2.36. The first-order chi connectivity index (χ1) is 8.22.